The molecule has 3 aromatic carbocycles. The molecule has 0 radical (unpaired) electrons. The molecule has 2 atom stereocenters. The Kier molecular flexibility index (Phi) is 11.1. The Bertz CT molecular complexity index is 2080. The number of fused-ring (bicyclic) bond motifs is 3. The van der Waals surface area contributed by atoms with Crippen LogP contribution in [0.25, 0.3) is 0 Å². The highest BCUT2D eigenvalue weighted by Gasteiger charge is 2.45. The van der Waals surface area contributed by atoms with Crippen LogP contribution in [0.2, 0.25) is 5.02 Å². The van der Waals surface area contributed by atoms with Crippen LogP contribution in [0.1, 0.15) is 77.6 Å². The molecule has 0 bridgehead atoms. The summed E-state index contributed by atoms with van der Waals surface area (Å²) in [5.74, 6) is -2.38. The van der Waals surface area contributed by atoms with Crippen molar-refractivity contribution in [2.75, 3.05) is 41.7 Å². The highest BCUT2D eigenvalue weighted by molar-refractivity contribution is 6.31. The van der Waals surface area contributed by atoms with Gasteiger partial charge in [0.1, 0.15) is 17.7 Å². The number of aliphatic imine (C=N–C) groups is 1. The Morgan fingerprint density at radius 2 is 1.73 bits per heavy atom. The highest BCUT2D eigenvalue weighted by Crippen LogP contribution is 2.40. The molecule has 2 saturated heterocycles. The number of rotatable bonds is 12. The molecule has 3 aromatic rings. The van der Waals surface area contributed by atoms with Gasteiger partial charge in [-0.1, -0.05) is 30.5 Å². The molecule has 55 heavy (non-hydrogen) atoms. The summed E-state index contributed by atoms with van der Waals surface area (Å²) in [4.78, 5) is 72.6. The molecule has 12 nitrogen and oxygen atoms in total. The molecule has 0 saturated carbocycles. The van der Waals surface area contributed by atoms with Crippen LogP contribution < -0.4 is 20.9 Å². The number of unbranched alkanes of at least 4 members (excludes halogenated alkanes) is 3. The van der Waals surface area contributed by atoms with Gasteiger partial charge in [-0.05, 0) is 74.2 Å². The van der Waals surface area contributed by atoms with Gasteiger partial charge in [0.25, 0.3) is 18.2 Å². The highest BCUT2D eigenvalue weighted by atomic mass is 35.5. The minimum atomic E-state index is -2.66. The van der Waals surface area contributed by atoms with Crippen molar-refractivity contribution in [1.29, 1.82) is 0 Å². The molecule has 4 aliphatic heterocycles. The number of hydrogen-bond donors (Lipinski definition) is 3. The summed E-state index contributed by atoms with van der Waals surface area (Å²) in [5.41, 5.74) is 2.55. The summed E-state index contributed by atoms with van der Waals surface area (Å²) < 4.78 is 41.8. The van der Waals surface area contributed by atoms with Crippen LogP contribution in [-0.2, 0) is 14.4 Å². The van der Waals surface area contributed by atoms with Crippen molar-refractivity contribution in [2.24, 2.45) is 4.99 Å². The van der Waals surface area contributed by atoms with Crippen molar-refractivity contribution in [1.82, 2.24) is 15.1 Å². The summed E-state index contributed by atoms with van der Waals surface area (Å²) in [7, 11) is 0. The zero-order chi connectivity index (χ0) is 38.8. The number of anilines is 4. The molecule has 2 fully saturated rings. The Morgan fingerprint density at radius 3 is 2.53 bits per heavy atom. The third-order valence-corrected chi connectivity index (χ3v) is 10.5. The molecule has 0 aromatic heterocycles. The second kappa shape index (κ2) is 16.1. The number of hydrogen-bond acceptors (Lipinski definition) is 8. The molecule has 4 heterocycles. The smallest absolute Gasteiger partial charge is 0.264 e. The van der Waals surface area contributed by atoms with Gasteiger partial charge < -0.3 is 20.4 Å². The van der Waals surface area contributed by atoms with Gasteiger partial charge in [0.15, 0.2) is 0 Å². The quantitative estimate of drug-likeness (QED) is 0.148. The average molecular weight is 778 g/mol. The number of alkyl halides is 2. The van der Waals surface area contributed by atoms with E-state index in [-0.39, 0.29) is 35.9 Å². The SMILES string of the molecule is O=C1CCC(N2C(=O)c3cccc(NCCCCCCC(=O)N4CC[C@H](N=C5Nc6cc(F)ccc6N(CC(F)F)c6ccc(Cl)cc65)C4)c3C2=O)C(=O)N1. The van der Waals surface area contributed by atoms with E-state index in [0.29, 0.717) is 78.1 Å². The third kappa shape index (κ3) is 8.02. The van der Waals surface area contributed by atoms with E-state index in [1.54, 1.807) is 41.3 Å². The first kappa shape index (κ1) is 37.9. The first-order valence-electron chi connectivity index (χ1n) is 18.3. The van der Waals surface area contributed by atoms with Crippen molar-refractivity contribution in [2.45, 2.75) is 69.9 Å². The summed E-state index contributed by atoms with van der Waals surface area (Å²) in [5, 5.41) is 8.99. The standard InChI is InChI=1S/C39H39ClF3N7O5/c40-22-9-11-29-26(18-22)36(46-28-19-23(41)10-12-30(28)49(29)21-32(42)43)45-24-15-17-48(20-24)34(52)8-3-1-2-4-16-44-27-7-5-6-25-35(27)39(55)50(38(25)54)31-13-14-33(51)47-37(31)53/h5-7,9-12,18-19,24,31-32,44H,1-4,8,13-17,20-21H2,(H,45,46)(H,47,51,53)/t24-,31?/m0/s1. The van der Waals surface area contributed by atoms with Crippen LogP contribution in [-0.4, -0.2) is 89.9 Å². The molecule has 0 spiro atoms. The van der Waals surface area contributed by atoms with Crippen LogP contribution in [0.15, 0.2) is 59.6 Å². The zero-order valence-corrected chi connectivity index (χ0v) is 30.5. The fourth-order valence-electron chi connectivity index (χ4n) is 7.59. The number of carbonyl (C=O) groups excluding carboxylic acids is 5. The topological polar surface area (TPSA) is 144 Å². The number of amidine groups is 1. The fourth-order valence-corrected chi connectivity index (χ4v) is 7.76. The fraction of sp³-hybridized carbons (Fsp3) is 0.385. The van der Waals surface area contributed by atoms with Crippen LogP contribution in [0, 0.1) is 5.82 Å². The monoisotopic (exact) mass is 777 g/mol. The number of amides is 5. The third-order valence-electron chi connectivity index (χ3n) is 10.3. The Hall–Kier alpha value is -5.44. The maximum absolute atomic E-state index is 14.3. The van der Waals surface area contributed by atoms with E-state index < -0.39 is 48.5 Å². The molecule has 5 amide bonds. The molecular weight excluding hydrogens is 739 g/mol. The van der Waals surface area contributed by atoms with Gasteiger partial charge in [-0.25, -0.2) is 13.2 Å². The summed E-state index contributed by atoms with van der Waals surface area (Å²) >= 11 is 6.34. The maximum Gasteiger partial charge on any atom is 0.264 e. The minimum absolute atomic E-state index is 0.0113. The van der Waals surface area contributed by atoms with Crippen LogP contribution in [0.5, 0.6) is 0 Å². The number of imide groups is 2. The molecule has 1 unspecified atom stereocenters. The van der Waals surface area contributed by atoms with E-state index in [1.165, 1.54) is 23.1 Å². The van der Waals surface area contributed by atoms with Crippen molar-refractivity contribution in [3.8, 4) is 0 Å². The number of halogens is 4. The molecule has 3 N–H and O–H groups in total. The maximum atomic E-state index is 14.3. The van der Waals surface area contributed by atoms with Crippen LogP contribution in [0.4, 0.5) is 35.9 Å². The van der Waals surface area contributed by atoms with Crippen LogP contribution in [0.3, 0.4) is 0 Å². The first-order valence-corrected chi connectivity index (χ1v) is 18.7. The molecule has 4 aliphatic rings. The van der Waals surface area contributed by atoms with Gasteiger partial charge in [0.2, 0.25) is 17.7 Å². The average Bonchev–Trinajstić information content (AvgIpc) is 3.69. The van der Waals surface area contributed by atoms with Crippen molar-refractivity contribution < 1.29 is 37.1 Å². The van der Waals surface area contributed by atoms with Crippen LogP contribution >= 0.6 is 11.6 Å². The predicted molar refractivity (Wildman–Crippen MR) is 201 cm³/mol. The first-order chi connectivity index (χ1) is 26.5. The van der Waals surface area contributed by atoms with Gasteiger partial charge in [-0.15, -0.1) is 0 Å². The summed E-state index contributed by atoms with van der Waals surface area (Å²) in [6.45, 7) is 0.802. The molecule has 288 valence electrons. The number of piperidine rings is 1. The lowest BCUT2D eigenvalue weighted by molar-refractivity contribution is -0.136. The Morgan fingerprint density at radius 1 is 0.927 bits per heavy atom. The predicted octanol–water partition coefficient (Wildman–Crippen LogP) is 6.12. The van der Waals surface area contributed by atoms with Gasteiger partial charge in [-0.3, -0.25) is 39.2 Å². The molecular formula is C39H39ClF3N7O5. The lowest BCUT2D eigenvalue weighted by Crippen LogP contribution is -2.54. The lowest BCUT2D eigenvalue weighted by Gasteiger charge is -2.27. The van der Waals surface area contributed by atoms with Gasteiger partial charge >= 0.3 is 0 Å². The van der Waals surface area contributed by atoms with E-state index in [9.17, 15) is 37.1 Å². The minimum Gasteiger partial charge on any atom is -0.384 e. The Labute approximate surface area is 320 Å². The number of likely N-dealkylation sites (tertiary alicyclic amines) is 1. The van der Waals surface area contributed by atoms with E-state index in [2.05, 4.69) is 16.0 Å². The van der Waals surface area contributed by atoms with E-state index in [0.717, 1.165) is 24.2 Å². The molecule has 7 rings (SSSR count). The number of nitrogens with zero attached hydrogens (tertiary/aromatic N) is 4. The molecule has 16 heteroatoms. The van der Waals surface area contributed by atoms with E-state index >= 15 is 0 Å². The summed E-state index contributed by atoms with van der Waals surface area (Å²) in [6.07, 6.45) is 1.47. The molecule has 0 aliphatic carbocycles. The van der Waals surface area contributed by atoms with E-state index in [1.807, 2.05) is 0 Å². The van der Waals surface area contributed by atoms with Crippen molar-refractivity contribution in [3.05, 3.63) is 82.1 Å². The van der Waals surface area contributed by atoms with Gasteiger partial charge in [0, 0.05) is 48.7 Å². The second-order valence-electron chi connectivity index (χ2n) is 14.0. The largest absolute Gasteiger partial charge is 0.384 e. The number of carbonyl (C=O) groups is 5. The van der Waals surface area contributed by atoms with Crippen molar-refractivity contribution >= 4 is 69.7 Å². The van der Waals surface area contributed by atoms with Gasteiger partial charge in [0.05, 0.1) is 40.8 Å². The Balaban J connectivity index is 0.901. The zero-order valence-electron chi connectivity index (χ0n) is 29.8. The summed E-state index contributed by atoms with van der Waals surface area (Å²) in [6, 6.07) is 12.4. The van der Waals surface area contributed by atoms with Crippen molar-refractivity contribution in [3.63, 3.8) is 0 Å². The van der Waals surface area contributed by atoms with E-state index in [4.69, 9.17) is 16.6 Å². The van der Waals surface area contributed by atoms with Gasteiger partial charge in [-0.2, -0.15) is 0 Å². The number of nitrogens with one attached hydrogen (secondary N) is 3. The normalized spacial score (nSPS) is 20.0. The number of benzene rings is 3. The second-order valence-corrected chi connectivity index (χ2v) is 14.4. The lowest BCUT2D eigenvalue weighted by atomic mass is 10.0.